The average Bonchev–Trinajstić information content (AvgIpc) is 2.71. The number of fused-ring (bicyclic) bond motifs is 1. The third-order valence-electron chi connectivity index (χ3n) is 3.30. The fourth-order valence-corrected chi connectivity index (χ4v) is 2.35. The smallest absolute Gasteiger partial charge is 0.252 e. The van der Waals surface area contributed by atoms with Gasteiger partial charge in [-0.05, 0) is 44.3 Å². The number of piperidine rings is 1. The molecule has 0 aromatic carbocycles. The monoisotopic (exact) mass is 231 g/mol. The van der Waals surface area contributed by atoms with Crippen molar-refractivity contribution in [2.75, 3.05) is 13.1 Å². The summed E-state index contributed by atoms with van der Waals surface area (Å²) in [6, 6.07) is 0. The molecule has 5 nitrogen and oxygen atoms in total. The zero-order valence-electron chi connectivity index (χ0n) is 10.1. The summed E-state index contributed by atoms with van der Waals surface area (Å²) >= 11 is 0. The molecule has 3 rings (SSSR count). The number of aryl methyl sites for hydroxylation is 1. The van der Waals surface area contributed by atoms with E-state index in [-0.39, 0.29) is 0 Å². The van der Waals surface area contributed by atoms with Crippen molar-refractivity contribution in [3.05, 3.63) is 23.8 Å². The van der Waals surface area contributed by atoms with Gasteiger partial charge in [0.25, 0.3) is 5.78 Å². The Labute approximate surface area is 100 Å². The Hall–Kier alpha value is -1.49. The molecule has 0 amide bonds. The first-order valence-electron chi connectivity index (χ1n) is 6.20. The maximum atomic E-state index is 4.49. The minimum atomic E-state index is 0.708. The first kappa shape index (κ1) is 10.7. The molecule has 2 aromatic heterocycles. The summed E-state index contributed by atoms with van der Waals surface area (Å²) in [5.41, 5.74) is 1.11. The van der Waals surface area contributed by atoms with Crippen LogP contribution in [0.15, 0.2) is 12.4 Å². The Balaban J connectivity index is 1.80. The standard InChI is InChI=1S/C12H17N5/c1-9-7-14-12-15-11(16-17(12)8-9)6-10-2-4-13-5-3-10/h7-8,10,13H,2-6H2,1H3. The molecule has 1 fully saturated rings. The lowest BCUT2D eigenvalue weighted by Crippen LogP contribution is -2.28. The van der Waals surface area contributed by atoms with Gasteiger partial charge in [-0.3, -0.25) is 0 Å². The first-order chi connectivity index (χ1) is 8.31. The van der Waals surface area contributed by atoms with E-state index in [1.165, 1.54) is 12.8 Å². The van der Waals surface area contributed by atoms with Gasteiger partial charge in [-0.2, -0.15) is 4.98 Å². The van der Waals surface area contributed by atoms with Crippen molar-refractivity contribution in [1.82, 2.24) is 24.9 Å². The molecule has 0 unspecified atom stereocenters. The summed E-state index contributed by atoms with van der Waals surface area (Å²) in [4.78, 5) is 8.74. The topological polar surface area (TPSA) is 55.1 Å². The van der Waals surface area contributed by atoms with E-state index < -0.39 is 0 Å². The van der Waals surface area contributed by atoms with Crippen LogP contribution in [0.25, 0.3) is 5.78 Å². The molecule has 5 heteroatoms. The van der Waals surface area contributed by atoms with E-state index in [1.807, 2.05) is 19.3 Å². The maximum absolute atomic E-state index is 4.49. The van der Waals surface area contributed by atoms with Gasteiger partial charge in [0.1, 0.15) is 0 Å². The number of nitrogens with zero attached hydrogens (tertiary/aromatic N) is 4. The van der Waals surface area contributed by atoms with Crippen LogP contribution in [-0.4, -0.2) is 32.7 Å². The van der Waals surface area contributed by atoms with Gasteiger partial charge in [-0.1, -0.05) is 0 Å². The minimum absolute atomic E-state index is 0.708. The van der Waals surface area contributed by atoms with Crippen molar-refractivity contribution in [2.45, 2.75) is 26.2 Å². The lowest BCUT2D eigenvalue weighted by atomic mass is 9.94. The molecule has 1 N–H and O–H groups in total. The number of aromatic nitrogens is 4. The minimum Gasteiger partial charge on any atom is -0.317 e. The molecule has 17 heavy (non-hydrogen) atoms. The largest absolute Gasteiger partial charge is 0.317 e. The van der Waals surface area contributed by atoms with Crippen LogP contribution in [0.4, 0.5) is 0 Å². The van der Waals surface area contributed by atoms with Crippen LogP contribution < -0.4 is 5.32 Å². The molecule has 2 aromatic rings. The van der Waals surface area contributed by atoms with E-state index >= 15 is 0 Å². The number of hydrogen-bond donors (Lipinski definition) is 1. The molecule has 0 spiro atoms. The summed E-state index contributed by atoms with van der Waals surface area (Å²) in [6.45, 7) is 4.26. The fourth-order valence-electron chi connectivity index (χ4n) is 2.35. The van der Waals surface area contributed by atoms with Crippen LogP contribution in [0.3, 0.4) is 0 Å². The Kier molecular flexibility index (Phi) is 2.76. The highest BCUT2D eigenvalue weighted by Gasteiger charge is 2.16. The van der Waals surface area contributed by atoms with Gasteiger partial charge >= 0.3 is 0 Å². The summed E-state index contributed by atoms with van der Waals surface area (Å²) in [5, 5.41) is 7.87. The Morgan fingerprint density at radius 1 is 1.41 bits per heavy atom. The van der Waals surface area contributed by atoms with Gasteiger partial charge in [0.15, 0.2) is 5.82 Å². The number of rotatable bonds is 2. The zero-order valence-corrected chi connectivity index (χ0v) is 10.1. The highest BCUT2D eigenvalue weighted by Crippen LogP contribution is 2.16. The quantitative estimate of drug-likeness (QED) is 0.837. The number of hydrogen-bond acceptors (Lipinski definition) is 4. The summed E-state index contributed by atoms with van der Waals surface area (Å²) in [5.74, 6) is 2.35. The summed E-state index contributed by atoms with van der Waals surface area (Å²) in [7, 11) is 0. The average molecular weight is 231 g/mol. The molecule has 0 atom stereocenters. The molecular formula is C12H17N5. The Morgan fingerprint density at radius 3 is 3.06 bits per heavy atom. The van der Waals surface area contributed by atoms with Crippen molar-refractivity contribution in [1.29, 1.82) is 0 Å². The molecule has 0 bridgehead atoms. The predicted molar refractivity (Wildman–Crippen MR) is 64.8 cm³/mol. The third-order valence-corrected chi connectivity index (χ3v) is 3.30. The van der Waals surface area contributed by atoms with E-state index in [9.17, 15) is 0 Å². The van der Waals surface area contributed by atoms with Gasteiger partial charge < -0.3 is 5.32 Å². The molecule has 1 saturated heterocycles. The van der Waals surface area contributed by atoms with Gasteiger partial charge in [0.05, 0.1) is 0 Å². The van der Waals surface area contributed by atoms with Gasteiger partial charge in [0.2, 0.25) is 0 Å². The molecule has 0 aliphatic carbocycles. The molecule has 3 heterocycles. The third kappa shape index (κ3) is 2.29. The van der Waals surface area contributed by atoms with Gasteiger partial charge in [-0.15, -0.1) is 5.10 Å². The first-order valence-corrected chi connectivity index (χ1v) is 6.20. The Bertz CT molecular complexity index is 513. The molecule has 0 radical (unpaired) electrons. The van der Waals surface area contributed by atoms with Crippen molar-refractivity contribution in [3.63, 3.8) is 0 Å². The van der Waals surface area contributed by atoms with Gasteiger partial charge in [0, 0.05) is 18.8 Å². The zero-order chi connectivity index (χ0) is 11.7. The SMILES string of the molecule is Cc1cnc2nc(CC3CCNCC3)nn2c1. The van der Waals surface area contributed by atoms with E-state index in [0.717, 1.165) is 36.8 Å². The van der Waals surface area contributed by atoms with Crippen LogP contribution in [0.1, 0.15) is 24.2 Å². The predicted octanol–water partition coefficient (Wildman–Crippen LogP) is 0.975. The fraction of sp³-hybridized carbons (Fsp3) is 0.583. The van der Waals surface area contributed by atoms with Crippen LogP contribution in [0.2, 0.25) is 0 Å². The van der Waals surface area contributed by atoms with Crippen molar-refractivity contribution < 1.29 is 0 Å². The molecular weight excluding hydrogens is 214 g/mol. The van der Waals surface area contributed by atoms with E-state index in [0.29, 0.717) is 5.78 Å². The molecule has 1 aliphatic rings. The molecule has 0 saturated carbocycles. The van der Waals surface area contributed by atoms with E-state index in [4.69, 9.17) is 0 Å². The van der Waals surface area contributed by atoms with Crippen molar-refractivity contribution >= 4 is 5.78 Å². The molecule has 1 aliphatic heterocycles. The number of nitrogens with one attached hydrogen (secondary N) is 1. The second-order valence-electron chi connectivity index (χ2n) is 4.80. The van der Waals surface area contributed by atoms with Crippen LogP contribution in [-0.2, 0) is 6.42 Å². The summed E-state index contributed by atoms with van der Waals surface area (Å²) in [6.07, 6.45) is 7.23. The Morgan fingerprint density at radius 2 is 2.24 bits per heavy atom. The summed E-state index contributed by atoms with van der Waals surface area (Å²) < 4.78 is 1.78. The normalized spacial score (nSPS) is 17.7. The van der Waals surface area contributed by atoms with Crippen LogP contribution in [0.5, 0.6) is 0 Å². The lowest BCUT2D eigenvalue weighted by Gasteiger charge is -2.20. The lowest BCUT2D eigenvalue weighted by molar-refractivity contribution is 0.367. The highest BCUT2D eigenvalue weighted by atomic mass is 15.3. The highest BCUT2D eigenvalue weighted by molar-refractivity contribution is 5.27. The second-order valence-corrected chi connectivity index (χ2v) is 4.80. The van der Waals surface area contributed by atoms with Crippen molar-refractivity contribution in [3.8, 4) is 0 Å². The van der Waals surface area contributed by atoms with Crippen molar-refractivity contribution in [2.24, 2.45) is 5.92 Å². The van der Waals surface area contributed by atoms with E-state index in [1.54, 1.807) is 4.52 Å². The maximum Gasteiger partial charge on any atom is 0.252 e. The van der Waals surface area contributed by atoms with Gasteiger partial charge in [-0.25, -0.2) is 9.50 Å². The molecule has 90 valence electrons. The van der Waals surface area contributed by atoms with E-state index in [2.05, 4.69) is 20.4 Å². The second kappa shape index (κ2) is 4.41. The van der Waals surface area contributed by atoms with Crippen LogP contribution >= 0.6 is 0 Å². The van der Waals surface area contributed by atoms with Crippen LogP contribution in [0, 0.1) is 12.8 Å².